The zero-order valence-electron chi connectivity index (χ0n) is 13.9. The quantitative estimate of drug-likeness (QED) is 0.845. The Balaban J connectivity index is 0.00000156. The van der Waals surface area contributed by atoms with Gasteiger partial charge in [0.05, 0.1) is 12.5 Å². The number of hydrogen-bond donors (Lipinski definition) is 1. The lowest BCUT2D eigenvalue weighted by Crippen LogP contribution is -2.45. The fourth-order valence-corrected chi connectivity index (χ4v) is 2.95. The van der Waals surface area contributed by atoms with Crippen molar-refractivity contribution < 1.29 is 4.74 Å². The van der Waals surface area contributed by atoms with Crippen LogP contribution < -0.4 is 10.1 Å². The number of piperazine rings is 1. The van der Waals surface area contributed by atoms with Gasteiger partial charge in [-0.3, -0.25) is 4.90 Å². The van der Waals surface area contributed by atoms with Gasteiger partial charge in [0, 0.05) is 32.2 Å². The third-order valence-corrected chi connectivity index (χ3v) is 4.10. The topological polar surface area (TPSA) is 48.3 Å². The third-order valence-electron chi connectivity index (χ3n) is 4.10. The van der Waals surface area contributed by atoms with E-state index in [2.05, 4.69) is 28.4 Å². The SMILES string of the molecule is Cl.Cl.N#CC[C@H](c1cccc(Oc2ccccc2)c1)N1CCNCC1. The molecule has 25 heavy (non-hydrogen) atoms. The molecule has 0 aliphatic carbocycles. The van der Waals surface area contributed by atoms with Crippen LogP contribution in [0.4, 0.5) is 0 Å². The van der Waals surface area contributed by atoms with Crippen molar-refractivity contribution >= 4 is 24.8 Å². The molecule has 2 aromatic carbocycles. The Morgan fingerprint density at radius 2 is 1.68 bits per heavy atom. The molecule has 0 radical (unpaired) electrons. The van der Waals surface area contributed by atoms with Crippen molar-refractivity contribution in [2.45, 2.75) is 12.5 Å². The van der Waals surface area contributed by atoms with E-state index < -0.39 is 0 Å². The first kappa shape index (κ1) is 21.3. The average Bonchev–Trinajstić information content (AvgIpc) is 2.61. The van der Waals surface area contributed by atoms with Gasteiger partial charge in [-0.1, -0.05) is 30.3 Å². The van der Waals surface area contributed by atoms with Gasteiger partial charge in [-0.25, -0.2) is 0 Å². The molecule has 0 aromatic heterocycles. The third kappa shape index (κ3) is 5.91. The second-order valence-electron chi connectivity index (χ2n) is 5.65. The van der Waals surface area contributed by atoms with Gasteiger partial charge in [-0.05, 0) is 29.8 Å². The van der Waals surface area contributed by atoms with Crippen LogP contribution in [0, 0.1) is 11.3 Å². The van der Waals surface area contributed by atoms with Crippen molar-refractivity contribution in [2.75, 3.05) is 26.2 Å². The number of hydrogen-bond acceptors (Lipinski definition) is 4. The average molecular weight is 380 g/mol. The summed E-state index contributed by atoms with van der Waals surface area (Å²) in [6.45, 7) is 3.89. The summed E-state index contributed by atoms with van der Waals surface area (Å²) in [7, 11) is 0. The summed E-state index contributed by atoms with van der Waals surface area (Å²) in [6.07, 6.45) is 0.495. The van der Waals surface area contributed by atoms with E-state index in [0.717, 1.165) is 43.2 Å². The molecule has 1 aliphatic rings. The molecule has 0 saturated carbocycles. The maximum atomic E-state index is 9.21. The number of halogens is 2. The van der Waals surface area contributed by atoms with Gasteiger partial charge in [0.15, 0.2) is 0 Å². The molecule has 0 unspecified atom stereocenters. The molecule has 1 heterocycles. The van der Waals surface area contributed by atoms with E-state index in [1.807, 2.05) is 42.5 Å². The minimum absolute atomic E-state index is 0. The maximum Gasteiger partial charge on any atom is 0.127 e. The lowest BCUT2D eigenvalue weighted by atomic mass is 10.0. The van der Waals surface area contributed by atoms with Crippen LogP contribution in [0.3, 0.4) is 0 Å². The highest BCUT2D eigenvalue weighted by Gasteiger charge is 2.22. The van der Waals surface area contributed by atoms with Crippen LogP contribution in [0.25, 0.3) is 0 Å². The Morgan fingerprint density at radius 1 is 1.00 bits per heavy atom. The molecule has 1 atom stereocenters. The Kier molecular flexibility index (Phi) is 9.33. The fourth-order valence-electron chi connectivity index (χ4n) is 2.95. The first-order valence-electron chi connectivity index (χ1n) is 8.01. The number of nitriles is 1. The van der Waals surface area contributed by atoms with Gasteiger partial charge >= 0.3 is 0 Å². The summed E-state index contributed by atoms with van der Waals surface area (Å²) in [4.78, 5) is 2.38. The number of nitrogens with zero attached hydrogens (tertiary/aromatic N) is 2. The maximum absolute atomic E-state index is 9.21. The standard InChI is InChI=1S/C19H21N3O.2ClH/c20-10-9-19(22-13-11-21-12-14-22)16-5-4-8-18(15-16)23-17-6-2-1-3-7-17;;/h1-8,15,19,21H,9,11-14H2;2*1H/t19-;;/m1../s1. The molecule has 134 valence electrons. The van der Waals surface area contributed by atoms with Crippen molar-refractivity contribution in [3.63, 3.8) is 0 Å². The largest absolute Gasteiger partial charge is 0.457 e. The summed E-state index contributed by atoms with van der Waals surface area (Å²) in [5, 5.41) is 12.6. The highest BCUT2D eigenvalue weighted by molar-refractivity contribution is 5.85. The summed E-state index contributed by atoms with van der Waals surface area (Å²) in [5.41, 5.74) is 1.14. The Bertz CT molecular complexity index is 670. The highest BCUT2D eigenvalue weighted by atomic mass is 35.5. The number of para-hydroxylation sites is 1. The molecule has 0 bridgehead atoms. The normalized spacial score (nSPS) is 15.2. The van der Waals surface area contributed by atoms with Crippen LogP contribution in [-0.4, -0.2) is 31.1 Å². The molecule has 1 N–H and O–H groups in total. The van der Waals surface area contributed by atoms with Gasteiger partial charge in [0.1, 0.15) is 11.5 Å². The van der Waals surface area contributed by atoms with E-state index in [1.54, 1.807) is 0 Å². The van der Waals surface area contributed by atoms with Crippen molar-refractivity contribution in [3.05, 3.63) is 60.2 Å². The molecule has 0 spiro atoms. The fraction of sp³-hybridized carbons (Fsp3) is 0.316. The lowest BCUT2D eigenvalue weighted by molar-refractivity contribution is 0.175. The van der Waals surface area contributed by atoms with Crippen LogP contribution in [0.5, 0.6) is 11.5 Å². The second kappa shape index (κ2) is 11.0. The molecule has 1 fully saturated rings. The first-order valence-corrected chi connectivity index (χ1v) is 8.01. The summed E-state index contributed by atoms with van der Waals surface area (Å²) >= 11 is 0. The smallest absolute Gasteiger partial charge is 0.127 e. The van der Waals surface area contributed by atoms with E-state index in [1.165, 1.54) is 0 Å². The molecule has 4 nitrogen and oxygen atoms in total. The number of ether oxygens (including phenoxy) is 1. The first-order chi connectivity index (χ1) is 11.4. The van der Waals surface area contributed by atoms with E-state index in [0.29, 0.717) is 6.42 Å². The molecule has 6 heteroatoms. The lowest BCUT2D eigenvalue weighted by Gasteiger charge is -2.34. The van der Waals surface area contributed by atoms with Gasteiger partial charge in [-0.15, -0.1) is 24.8 Å². The highest BCUT2D eigenvalue weighted by Crippen LogP contribution is 2.29. The Labute approximate surface area is 161 Å². The van der Waals surface area contributed by atoms with Gasteiger partial charge in [0.25, 0.3) is 0 Å². The van der Waals surface area contributed by atoms with Crippen molar-refractivity contribution in [2.24, 2.45) is 0 Å². The molecule has 2 aromatic rings. The zero-order chi connectivity index (χ0) is 15.9. The van der Waals surface area contributed by atoms with Crippen LogP contribution in [0.1, 0.15) is 18.0 Å². The van der Waals surface area contributed by atoms with Crippen LogP contribution in [-0.2, 0) is 0 Å². The van der Waals surface area contributed by atoms with E-state index >= 15 is 0 Å². The van der Waals surface area contributed by atoms with Gasteiger partial charge < -0.3 is 10.1 Å². The van der Waals surface area contributed by atoms with Crippen LogP contribution in [0.2, 0.25) is 0 Å². The van der Waals surface area contributed by atoms with E-state index in [4.69, 9.17) is 4.74 Å². The van der Waals surface area contributed by atoms with Crippen molar-refractivity contribution in [1.82, 2.24) is 10.2 Å². The molecule has 1 aliphatic heterocycles. The number of benzene rings is 2. The summed E-state index contributed by atoms with van der Waals surface area (Å²) in [6, 6.07) is 20.3. The monoisotopic (exact) mass is 379 g/mol. The number of nitrogens with one attached hydrogen (secondary N) is 1. The minimum atomic E-state index is 0. The second-order valence-corrected chi connectivity index (χ2v) is 5.65. The van der Waals surface area contributed by atoms with Crippen molar-refractivity contribution in [3.8, 4) is 17.6 Å². The van der Waals surface area contributed by atoms with Crippen molar-refractivity contribution in [1.29, 1.82) is 5.26 Å². The predicted octanol–water partition coefficient (Wildman–Crippen LogP) is 4.18. The molecule has 1 saturated heterocycles. The van der Waals surface area contributed by atoms with Gasteiger partial charge in [0.2, 0.25) is 0 Å². The zero-order valence-corrected chi connectivity index (χ0v) is 15.6. The molecular weight excluding hydrogens is 357 g/mol. The predicted molar refractivity (Wildman–Crippen MR) is 105 cm³/mol. The Hall–Kier alpha value is -1.77. The van der Waals surface area contributed by atoms with E-state index in [-0.39, 0.29) is 30.9 Å². The van der Waals surface area contributed by atoms with Crippen LogP contribution in [0.15, 0.2) is 54.6 Å². The van der Waals surface area contributed by atoms with E-state index in [9.17, 15) is 5.26 Å². The summed E-state index contributed by atoms with van der Waals surface area (Å²) < 4.78 is 5.92. The van der Waals surface area contributed by atoms with Gasteiger partial charge in [-0.2, -0.15) is 5.26 Å². The Morgan fingerprint density at radius 3 is 2.36 bits per heavy atom. The molecule has 3 rings (SSSR count). The molecule has 0 amide bonds. The minimum Gasteiger partial charge on any atom is -0.457 e. The molecular formula is C19H23Cl2N3O. The number of rotatable bonds is 5. The van der Waals surface area contributed by atoms with Crippen LogP contribution >= 0.6 is 24.8 Å². The summed E-state index contributed by atoms with van der Waals surface area (Å²) in [5.74, 6) is 1.63.